The average molecular weight is 271 g/mol. The Kier molecular flexibility index (Phi) is 3.74. The van der Waals surface area contributed by atoms with Gasteiger partial charge < -0.3 is 10.1 Å². The minimum absolute atomic E-state index is 0.275. The molecule has 4 heteroatoms. The van der Waals surface area contributed by atoms with Crippen LogP contribution in [0.4, 0.5) is 0 Å². The van der Waals surface area contributed by atoms with Gasteiger partial charge in [0.2, 0.25) is 0 Å². The summed E-state index contributed by atoms with van der Waals surface area (Å²) in [5.41, 5.74) is 3.66. The third-order valence-corrected chi connectivity index (χ3v) is 3.81. The third-order valence-electron chi connectivity index (χ3n) is 3.81. The van der Waals surface area contributed by atoms with Gasteiger partial charge in [0.1, 0.15) is 12.4 Å². The van der Waals surface area contributed by atoms with Gasteiger partial charge in [-0.1, -0.05) is 25.1 Å². The van der Waals surface area contributed by atoms with Crippen LogP contribution in [-0.2, 0) is 19.5 Å². The molecule has 1 aliphatic heterocycles. The highest BCUT2D eigenvalue weighted by Crippen LogP contribution is 2.31. The molecule has 1 aromatic carbocycles. The van der Waals surface area contributed by atoms with Gasteiger partial charge in [0.15, 0.2) is 0 Å². The van der Waals surface area contributed by atoms with Crippen LogP contribution in [0.15, 0.2) is 30.3 Å². The molecule has 1 atom stereocenters. The molecule has 2 heterocycles. The fourth-order valence-corrected chi connectivity index (χ4v) is 2.66. The van der Waals surface area contributed by atoms with Gasteiger partial charge in [-0.2, -0.15) is 5.10 Å². The summed E-state index contributed by atoms with van der Waals surface area (Å²) in [7, 11) is 0. The summed E-state index contributed by atoms with van der Waals surface area (Å²) < 4.78 is 7.77. The maximum atomic E-state index is 5.70. The highest BCUT2D eigenvalue weighted by molar-refractivity contribution is 5.39. The van der Waals surface area contributed by atoms with Crippen molar-refractivity contribution in [2.45, 2.75) is 39.4 Å². The van der Waals surface area contributed by atoms with Gasteiger partial charge in [0.05, 0.1) is 17.4 Å². The first-order valence-corrected chi connectivity index (χ1v) is 7.32. The lowest BCUT2D eigenvalue weighted by atomic mass is 10.1. The summed E-state index contributed by atoms with van der Waals surface area (Å²) in [6, 6.07) is 10.7. The van der Waals surface area contributed by atoms with E-state index in [1.807, 2.05) is 12.1 Å². The molecule has 1 aliphatic rings. The Morgan fingerprint density at radius 3 is 3.00 bits per heavy atom. The lowest BCUT2D eigenvalue weighted by Gasteiger charge is -2.12. The zero-order valence-corrected chi connectivity index (χ0v) is 12.1. The number of nitrogens with one attached hydrogen (secondary N) is 1. The van der Waals surface area contributed by atoms with Crippen molar-refractivity contribution < 1.29 is 4.74 Å². The summed E-state index contributed by atoms with van der Waals surface area (Å²) >= 11 is 0. The Bertz CT molecular complexity index is 591. The van der Waals surface area contributed by atoms with E-state index < -0.39 is 0 Å². The minimum atomic E-state index is 0.275. The van der Waals surface area contributed by atoms with Gasteiger partial charge >= 0.3 is 0 Å². The van der Waals surface area contributed by atoms with Crippen molar-refractivity contribution in [3.8, 4) is 5.75 Å². The SMILES string of the molecule is CCc1cc(CNC2COc3ccccc32)n(CC)n1. The highest BCUT2D eigenvalue weighted by atomic mass is 16.5. The fraction of sp³-hybridized carbons (Fsp3) is 0.438. The number of rotatable bonds is 5. The fourth-order valence-electron chi connectivity index (χ4n) is 2.66. The Hall–Kier alpha value is -1.81. The quantitative estimate of drug-likeness (QED) is 0.908. The third kappa shape index (κ3) is 2.43. The van der Waals surface area contributed by atoms with Crippen molar-refractivity contribution in [2.75, 3.05) is 6.61 Å². The first-order valence-electron chi connectivity index (χ1n) is 7.32. The van der Waals surface area contributed by atoms with Crippen LogP contribution in [0.2, 0.25) is 0 Å². The van der Waals surface area contributed by atoms with Crippen molar-refractivity contribution in [2.24, 2.45) is 0 Å². The van der Waals surface area contributed by atoms with Gasteiger partial charge in [-0.25, -0.2) is 0 Å². The van der Waals surface area contributed by atoms with Crippen LogP contribution in [0.3, 0.4) is 0 Å². The van der Waals surface area contributed by atoms with Gasteiger partial charge in [0, 0.05) is 18.7 Å². The smallest absolute Gasteiger partial charge is 0.124 e. The van der Waals surface area contributed by atoms with E-state index >= 15 is 0 Å². The molecular weight excluding hydrogens is 250 g/mol. The van der Waals surface area contributed by atoms with E-state index in [9.17, 15) is 0 Å². The van der Waals surface area contributed by atoms with Gasteiger partial charge in [-0.05, 0) is 25.5 Å². The van der Waals surface area contributed by atoms with Crippen LogP contribution in [-0.4, -0.2) is 16.4 Å². The van der Waals surface area contributed by atoms with Gasteiger partial charge in [0.25, 0.3) is 0 Å². The number of para-hydroxylation sites is 1. The predicted octanol–water partition coefficient (Wildman–Crippen LogP) is 2.69. The molecule has 1 aromatic heterocycles. The zero-order valence-electron chi connectivity index (χ0n) is 12.1. The minimum Gasteiger partial charge on any atom is -0.491 e. The highest BCUT2D eigenvalue weighted by Gasteiger charge is 2.23. The van der Waals surface area contributed by atoms with Crippen molar-refractivity contribution in [1.29, 1.82) is 0 Å². The molecular formula is C16H21N3O. The monoisotopic (exact) mass is 271 g/mol. The molecule has 0 bridgehead atoms. The van der Waals surface area contributed by atoms with E-state index in [2.05, 4.69) is 47.1 Å². The molecule has 0 fully saturated rings. The molecule has 0 spiro atoms. The zero-order chi connectivity index (χ0) is 13.9. The average Bonchev–Trinajstić information content (AvgIpc) is 3.08. The molecule has 3 rings (SSSR count). The Balaban J connectivity index is 1.70. The molecule has 0 saturated carbocycles. The maximum absolute atomic E-state index is 5.70. The van der Waals surface area contributed by atoms with Crippen molar-refractivity contribution in [3.63, 3.8) is 0 Å². The molecule has 106 valence electrons. The normalized spacial score (nSPS) is 17.0. The second kappa shape index (κ2) is 5.67. The van der Waals surface area contributed by atoms with Crippen LogP contribution in [0.1, 0.15) is 36.8 Å². The molecule has 0 radical (unpaired) electrons. The van der Waals surface area contributed by atoms with Crippen molar-refractivity contribution in [1.82, 2.24) is 15.1 Å². The summed E-state index contributed by atoms with van der Waals surface area (Å²) in [5.74, 6) is 1.00. The number of fused-ring (bicyclic) bond motifs is 1. The topological polar surface area (TPSA) is 39.1 Å². The Morgan fingerprint density at radius 1 is 1.35 bits per heavy atom. The van der Waals surface area contributed by atoms with E-state index in [0.717, 1.165) is 31.0 Å². The number of hydrogen-bond donors (Lipinski definition) is 1. The number of ether oxygens (including phenoxy) is 1. The number of aromatic nitrogens is 2. The number of benzene rings is 1. The van der Waals surface area contributed by atoms with Crippen LogP contribution >= 0.6 is 0 Å². The summed E-state index contributed by atoms with van der Waals surface area (Å²) in [6.45, 7) is 6.71. The summed E-state index contributed by atoms with van der Waals surface area (Å²) in [6.07, 6.45) is 0.982. The molecule has 4 nitrogen and oxygen atoms in total. The van der Waals surface area contributed by atoms with Crippen LogP contribution in [0, 0.1) is 0 Å². The molecule has 1 N–H and O–H groups in total. The van der Waals surface area contributed by atoms with E-state index in [0.29, 0.717) is 6.61 Å². The molecule has 1 unspecified atom stereocenters. The number of hydrogen-bond acceptors (Lipinski definition) is 3. The van der Waals surface area contributed by atoms with Crippen LogP contribution in [0.25, 0.3) is 0 Å². The number of nitrogens with zero attached hydrogens (tertiary/aromatic N) is 2. The molecule has 20 heavy (non-hydrogen) atoms. The second-order valence-electron chi connectivity index (χ2n) is 5.08. The van der Waals surface area contributed by atoms with Crippen molar-refractivity contribution >= 4 is 0 Å². The largest absolute Gasteiger partial charge is 0.491 e. The summed E-state index contributed by atoms with van der Waals surface area (Å²) in [4.78, 5) is 0. The predicted molar refractivity (Wildman–Crippen MR) is 78.8 cm³/mol. The van der Waals surface area contributed by atoms with Crippen LogP contribution in [0.5, 0.6) is 5.75 Å². The molecule has 2 aromatic rings. The maximum Gasteiger partial charge on any atom is 0.124 e. The van der Waals surface area contributed by atoms with E-state index in [4.69, 9.17) is 4.74 Å². The lowest BCUT2D eigenvalue weighted by Crippen LogP contribution is -2.23. The molecule has 0 amide bonds. The van der Waals surface area contributed by atoms with E-state index in [-0.39, 0.29) is 6.04 Å². The summed E-state index contributed by atoms with van der Waals surface area (Å²) in [5, 5.41) is 8.16. The lowest BCUT2D eigenvalue weighted by molar-refractivity contribution is 0.309. The first-order chi connectivity index (χ1) is 9.81. The Labute approximate surface area is 119 Å². The number of aryl methyl sites for hydroxylation is 2. The van der Waals surface area contributed by atoms with E-state index in [1.165, 1.54) is 11.3 Å². The van der Waals surface area contributed by atoms with Gasteiger partial charge in [-0.15, -0.1) is 0 Å². The standard InChI is InChI=1S/C16H21N3O/c1-3-12-9-13(19(4-2)18-12)10-17-15-11-20-16-8-6-5-7-14(15)16/h5-9,15,17H,3-4,10-11H2,1-2H3. The van der Waals surface area contributed by atoms with Crippen molar-refractivity contribution in [3.05, 3.63) is 47.3 Å². The van der Waals surface area contributed by atoms with E-state index in [1.54, 1.807) is 0 Å². The molecule has 0 aliphatic carbocycles. The van der Waals surface area contributed by atoms with Crippen LogP contribution < -0.4 is 10.1 Å². The molecule has 0 saturated heterocycles. The Morgan fingerprint density at radius 2 is 2.20 bits per heavy atom. The first kappa shape index (κ1) is 13.2. The van der Waals surface area contributed by atoms with Gasteiger partial charge in [-0.3, -0.25) is 4.68 Å². The second-order valence-corrected chi connectivity index (χ2v) is 5.08.